The molecule has 8 heteroatoms. The van der Waals surface area contributed by atoms with Crippen molar-refractivity contribution in [3.05, 3.63) is 69.8 Å². The number of halogens is 1. The molecule has 1 saturated heterocycles. The topological polar surface area (TPSA) is 69.0 Å². The van der Waals surface area contributed by atoms with E-state index in [9.17, 15) is 14.3 Å². The first-order valence-corrected chi connectivity index (χ1v) is 10.1. The fourth-order valence-corrected chi connectivity index (χ4v) is 4.79. The van der Waals surface area contributed by atoms with Crippen molar-refractivity contribution in [1.29, 1.82) is 0 Å². The van der Waals surface area contributed by atoms with Crippen LogP contribution in [0.4, 0.5) is 15.2 Å². The number of hydrogen-bond acceptors (Lipinski definition) is 6. The lowest BCUT2D eigenvalue weighted by Gasteiger charge is -2.36. The molecule has 0 spiro atoms. The average Bonchev–Trinajstić information content (AvgIpc) is 3.27. The summed E-state index contributed by atoms with van der Waals surface area (Å²) in [5.74, 6) is -0.744. The van der Waals surface area contributed by atoms with Gasteiger partial charge >= 0.3 is 0 Å². The van der Waals surface area contributed by atoms with Crippen LogP contribution in [0.15, 0.2) is 53.5 Å². The highest BCUT2D eigenvalue weighted by atomic mass is 32.1. The lowest BCUT2D eigenvalue weighted by Crippen LogP contribution is -2.46. The molecule has 6 nitrogen and oxygen atoms in total. The van der Waals surface area contributed by atoms with Gasteiger partial charge in [-0.15, -0.1) is 0 Å². The van der Waals surface area contributed by atoms with Crippen LogP contribution in [-0.4, -0.2) is 42.2 Å². The van der Waals surface area contributed by atoms with Gasteiger partial charge in [-0.25, -0.2) is 9.38 Å². The van der Waals surface area contributed by atoms with Gasteiger partial charge in [-0.1, -0.05) is 41.7 Å². The molecule has 0 bridgehead atoms. The minimum Gasteiger partial charge on any atom is -0.492 e. The summed E-state index contributed by atoms with van der Waals surface area (Å²) in [5, 5.41) is 12.4. The van der Waals surface area contributed by atoms with Crippen molar-refractivity contribution >= 4 is 33.6 Å². The zero-order valence-corrected chi connectivity index (χ0v) is 16.2. The Morgan fingerprint density at radius 1 is 0.966 bits per heavy atom. The predicted octanol–water partition coefficient (Wildman–Crippen LogP) is 1.67. The lowest BCUT2D eigenvalue weighted by molar-refractivity contribution is -0.112. The number of fused-ring (bicyclic) bond motifs is 1. The minimum atomic E-state index is -0.360. The van der Waals surface area contributed by atoms with Gasteiger partial charge in [0.15, 0.2) is 5.13 Å². The molecule has 2 aromatic carbocycles. The zero-order chi connectivity index (χ0) is 20.0. The Balaban J connectivity index is 1.41. The quantitative estimate of drug-likeness (QED) is 0.714. The van der Waals surface area contributed by atoms with Gasteiger partial charge in [-0.05, 0) is 18.2 Å². The van der Waals surface area contributed by atoms with E-state index in [0.29, 0.717) is 58.0 Å². The number of benzene rings is 2. The number of nitrogens with zero attached hydrogens (tertiary/aromatic N) is 4. The van der Waals surface area contributed by atoms with E-state index in [4.69, 9.17) is 0 Å². The van der Waals surface area contributed by atoms with Crippen molar-refractivity contribution in [2.75, 3.05) is 36.0 Å². The summed E-state index contributed by atoms with van der Waals surface area (Å²) in [4.78, 5) is 25.3. The van der Waals surface area contributed by atoms with Crippen LogP contribution in [0.2, 0.25) is 0 Å². The Kier molecular flexibility index (Phi) is 4.28. The van der Waals surface area contributed by atoms with Crippen LogP contribution in [0.5, 0.6) is 5.88 Å². The third-order valence-electron chi connectivity index (χ3n) is 5.18. The molecule has 1 N–H and O–H groups in total. The molecule has 5 rings (SSSR count). The number of thiazole rings is 1. The van der Waals surface area contributed by atoms with Crippen LogP contribution >= 0.6 is 11.3 Å². The molecule has 0 radical (unpaired) electrons. The molecule has 0 aliphatic carbocycles. The number of piperazine rings is 1. The summed E-state index contributed by atoms with van der Waals surface area (Å²) in [6, 6.07) is 14.0. The first kappa shape index (κ1) is 17.8. The smallest absolute Gasteiger partial charge is 0.279 e. The van der Waals surface area contributed by atoms with Gasteiger partial charge in [0, 0.05) is 31.4 Å². The maximum absolute atomic E-state index is 14.0. The van der Waals surface area contributed by atoms with E-state index >= 15 is 0 Å². The number of carbonyl (C=O) groups excluding carboxylic acids is 1. The van der Waals surface area contributed by atoms with E-state index in [1.54, 1.807) is 18.2 Å². The predicted molar refractivity (Wildman–Crippen MR) is 109 cm³/mol. The highest BCUT2D eigenvalue weighted by Gasteiger charge is 2.27. The van der Waals surface area contributed by atoms with Gasteiger partial charge in [-0.2, -0.15) is 4.98 Å². The second-order valence-electron chi connectivity index (χ2n) is 6.88. The monoisotopic (exact) mass is 408 g/mol. The van der Waals surface area contributed by atoms with Crippen molar-refractivity contribution in [1.82, 2.24) is 4.98 Å². The van der Waals surface area contributed by atoms with Gasteiger partial charge in [0.25, 0.3) is 5.91 Å². The molecule has 1 fully saturated rings. The third kappa shape index (κ3) is 3.05. The van der Waals surface area contributed by atoms with Crippen LogP contribution < -0.4 is 20.4 Å². The summed E-state index contributed by atoms with van der Waals surface area (Å²) in [5.41, 5.74) is 0.993. The van der Waals surface area contributed by atoms with E-state index in [-0.39, 0.29) is 17.6 Å². The fourth-order valence-electron chi connectivity index (χ4n) is 3.73. The van der Waals surface area contributed by atoms with Crippen LogP contribution in [-0.2, 0) is 4.79 Å². The molecule has 1 aromatic heterocycles. The molecule has 29 heavy (non-hydrogen) atoms. The molecule has 1 amide bonds. The number of anilines is 2. The van der Waals surface area contributed by atoms with Gasteiger partial charge in [-0.3, -0.25) is 4.79 Å². The van der Waals surface area contributed by atoms with Crippen molar-refractivity contribution in [3.8, 4) is 5.88 Å². The molecule has 3 aromatic rings. The molecule has 2 aliphatic rings. The maximum Gasteiger partial charge on any atom is 0.279 e. The van der Waals surface area contributed by atoms with E-state index in [2.05, 4.69) is 9.98 Å². The minimum absolute atomic E-state index is 0.156. The Hall–Kier alpha value is -3.26. The molecule has 0 atom stereocenters. The number of aromatic nitrogens is 1. The summed E-state index contributed by atoms with van der Waals surface area (Å²) in [7, 11) is 0. The molecule has 3 heterocycles. The van der Waals surface area contributed by atoms with Crippen molar-refractivity contribution in [2.45, 2.75) is 0 Å². The van der Waals surface area contributed by atoms with Gasteiger partial charge in [0.2, 0.25) is 5.88 Å². The summed E-state index contributed by atoms with van der Waals surface area (Å²) < 4.78 is 14.0. The first-order valence-electron chi connectivity index (χ1n) is 9.29. The Labute approximate surface area is 169 Å². The van der Waals surface area contributed by atoms with Crippen LogP contribution in [0.1, 0.15) is 4.88 Å². The highest BCUT2D eigenvalue weighted by molar-refractivity contribution is 7.17. The van der Waals surface area contributed by atoms with Crippen molar-refractivity contribution < 1.29 is 14.3 Å². The zero-order valence-electron chi connectivity index (χ0n) is 15.4. The lowest BCUT2D eigenvalue weighted by atomic mass is 10.1. The van der Waals surface area contributed by atoms with Crippen LogP contribution in [0.25, 0.3) is 5.57 Å². The molecular weight excluding hydrogens is 391 g/mol. The van der Waals surface area contributed by atoms with E-state index in [1.807, 2.05) is 34.1 Å². The number of amides is 1. The number of rotatable bonds is 3. The molecule has 2 aliphatic heterocycles. The van der Waals surface area contributed by atoms with Gasteiger partial charge in [0.1, 0.15) is 10.7 Å². The van der Waals surface area contributed by atoms with Crippen molar-refractivity contribution in [3.63, 3.8) is 0 Å². The maximum atomic E-state index is 14.0. The molecule has 146 valence electrons. The number of hydrogen-bond donors (Lipinski definition) is 1. The highest BCUT2D eigenvalue weighted by Crippen LogP contribution is 2.36. The van der Waals surface area contributed by atoms with Crippen LogP contribution in [0.3, 0.4) is 0 Å². The standard InChI is InChI=1S/C21H17FN4O2S/c22-14-6-2-4-8-16(14)25-9-11-26(12-10-25)21-24-20(28)18(29-21)17-13-5-1-3-7-15(13)23-19(17)27/h1-8,28H,9-12H2. The Morgan fingerprint density at radius 2 is 1.66 bits per heavy atom. The summed E-state index contributed by atoms with van der Waals surface area (Å²) >= 11 is 1.29. The van der Waals surface area contributed by atoms with Crippen LogP contribution in [0, 0.1) is 5.82 Å². The van der Waals surface area contributed by atoms with Gasteiger partial charge in [0.05, 0.1) is 16.6 Å². The average molecular weight is 408 g/mol. The van der Waals surface area contributed by atoms with E-state index < -0.39 is 0 Å². The second-order valence-corrected chi connectivity index (χ2v) is 7.86. The summed E-state index contributed by atoms with van der Waals surface area (Å²) in [6.07, 6.45) is 0. The normalized spacial score (nSPS) is 16.2. The number of aromatic hydroxyl groups is 1. The van der Waals surface area contributed by atoms with E-state index in [0.717, 1.165) is 0 Å². The third-order valence-corrected chi connectivity index (χ3v) is 6.30. The molecular formula is C21H17FN4O2S. The van der Waals surface area contributed by atoms with E-state index in [1.165, 1.54) is 17.4 Å². The summed E-state index contributed by atoms with van der Waals surface area (Å²) in [6.45, 7) is 2.57. The Bertz CT molecular complexity index is 1230. The molecule has 0 saturated carbocycles. The van der Waals surface area contributed by atoms with Gasteiger partial charge < -0.3 is 14.9 Å². The number of para-hydroxylation sites is 2. The largest absolute Gasteiger partial charge is 0.492 e. The Morgan fingerprint density at radius 3 is 2.45 bits per heavy atom. The number of carbonyl (C=O) groups is 1. The first-order chi connectivity index (χ1) is 14.1. The SMILES string of the molecule is O=C1N=c2ccccc2=C1c1sc(N2CCN(c3ccccc3F)CC2)nc1O. The second kappa shape index (κ2) is 6.97. The fraction of sp³-hybridized carbons (Fsp3) is 0.190. The van der Waals surface area contributed by atoms with Crippen molar-refractivity contribution in [2.24, 2.45) is 4.99 Å². The molecule has 0 unspecified atom stereocenters.